The third kappa shape index (κ3) is 4.04. The first kappa shape index (κ1) is 18.9. The topological polar surface area (TPSA) is 104 Å². The van der Waals surface area contributed by atoms with Crippen LogP contribution in [0.25, 0.3) is 0 Å². The van der Waals surface area contributed by atoms with E-state index in [4.69, 9.17) is 4.84 Å². The molecular formula is C20H21N5O4. The van der Waals surface area contributed by atoms with Crippen LogP contribution in [0.2, 0.25) is 0 Å². The Hall–Kier alpha value is -3.46. The van der Waals surface area contributed by atoms with Crippen LogP contribution >= 0.6 is 0 Å². The number of hydrazine groups is 1. The van der Waals surface area contributed by atoms with Crippen molar-refractivity contribution >= 4 is 17.8 Å². The van der Waals surface area contributed by atoms with Gasteiger partial charge >= 0.3 is 6.03 Å². The fraction of sp³-hybridized carbons (Fsp3) is 0.300. The largest absolute Gasteiger partial charge is 0.345 e. The van der Waals surface area contributed by atoms with E-state index in [0.29, 0.717) is 19.4 Å². The molecule has 0 saturated carbocycles. The van der Waals surface area contributed by atoms with Crippen LogP contribution in [0.4, 0.5) is 4.79 Å². The molecule has 0 spiro atoms. The number of nitrogens with one attached hydrogen (secondary N) is 2. The molecule has 9 nitrogen and oxygen atoms in total. The first-order valence-electron chi connectivity index (χ1n) is 9.41. The zero-order chi connectivity index (χ0) is 20.2. The van der Waals surface area contributed by atoms with E-state index in [-0.39, 0.29) is 24.4 Å². The number of pyridine rings is 1. The number of hydrogen-bond donors (Lipinski definition) is 2. The summed E-state index contributed by atoms with van der Waals surface area (Å²) in [6.45, 7) is 0.702. The lowest BCUT2D eigenvalue weighted by Gasteiger charge is -2.29. The quantitative estimate of drug-likeness (QED) is 0.742. The molecule has 150 valence electrons. The molecule has 2 saturated heterocycles. The number of carbonyl (C=O) groups excluding carboxylic acids is 3. The first-order chi connectivity index (χ1) is 14.1. The van der Waals surface area contributed by atoms with Crippen molar-refractivity contribution < 1.29 is 19.2 Å². The minimum absolute atomic E-state index is 0.0848. The van der Waals surface area contributed by atoms with Crippen LogP contribution in [-0.2, 0) is 16.2 Å². The van der Waals surface area contributed by atoms with Gasteiger partial charge in [0.15, 0.2) is 0 Å². The van der Waals surface area contributed by atoms with E-state index in [1.54, 1.807) is 18.2 Å². The zero-order valence-corrected chi connectivity index (χ0v) is 15.7. The minimum atomic E-state index is -0.659. The highest BCUT2D eigenvalue weighted by atomic mass is 16.7. The fourth-order valence-corrected chi connectivity index (χ4v) is 3.55. The number of benzene rings is 1. The summed E-state index contributed by atoms with van der Waals surface area (Å²) >= 11 is 0. The Kier molecular flexibility index (Phi) is 5.39. The number of amides is 4. The maximum absolute atomic E-state index is 12.7. The molecule has 29 heavy (non-hydrogen) atoms. The highest BCUT2D eigenvalue weighted by Gasteiger charge is 2.48. The molecule has 1 aromatic carbocycles. The number of fused-ring (bicyclic) bond motifs is 2. The second-order valence-electron chi connectivity index (χ2n) is 6.93. The first-order valence-corrected chi connectivity index (χ1v) is 9.41. The zero-order valence-electron chi connectivity index (χ0n) is 15.7. The van der Waals surface area contributed by atoms with Crippen LogP contribution in [0.15, 0.2) is 54.7 Å². The number of rotatable bonds is 5. The van der Waals surface area contributed by atoms with Crippen LogP contribution in [0.5, 0.6) is 0 Å². The van der Waals surface area contributed by atoms with Crippen molar-refractivity contribution in [2.75, 3.05) is 6.54 Å². The molecule has 0 radical (unpaired) electrons. The number of urea groups is 1. The SMILES string of the molecule is O=C(NNC(=O)[C@@H]1CC[C@@H]2CN1C(=O)N2OCc1ccccc1)c1ccccn1. The number of hydrogen-bond acceptors (Lipinski definition) is 5. The van der Waals surface area contributed by atoms with Crippen LogP contribution in [0.1, 0.15) is 28.9 Å². The fourth-order valence-electron chi connectivity index (χ4n) is 3.55. The van der Waals surface area contributed by atoms with E-state index in [9.17, 15) is 14.4 Å². The molecule has 2 aromatic rings. The summed E-state index contributed by atoms with van der Waals surface area (Å²) < 4.78 is 0. The van der Waals surface area contributed by atoms with E-state index in [0.717, 1.165) is 5.56 Å². The predicted octanol–water partition coefficient (Wildman–Crippen LogP) is 1.24. The molecule has 0 unspecified atom stereocenters. The second kappa shape index (κ2) is 8.27. The Bertz CT molecular complexity index is 892. The Morgan fingerprint density at radius 3 is 2.62 bits per heavy atom. The predicted molar refractivity (Wildman–Crippen MR) is 102 cm³/mol. The van der Waals surface area contributed by atoms with Gasteiger partial charge in [-0.3, -0.25) is 30.3 Å². The van der Waals surface area contributed by atoms with Gasteiger partial charge in [-0.2, -0.15) is 5.06 Å². The maximum Gasteiger partial charge on any atom is 0.345 e. The Morgan fingerprint density at radius 1 is 1.07 bits per heavy atom. The van der Waals surface area contributed by atoms with E-state index in [1.807, 2.05) is 30.3 Å². The van der Waals surface area contributed by atoms with Gasteiger partial charge in [-0.15, -0.1) is 0 Å². The molecule has 3 heterocycles. The monoisotopic (exact) mass is 395 g/mol. The van der Waals surface area contributed by atoms with Crippen molar-refractivity contribution in [3.05, 3.63) is 66.0 Å². The van der Waals surface area contributed by atoms with Gasteiger partial charge in [0.2, 0.25) is 0 Å². The Morgan fingerprint density at radius 2 is 1.86 bits per heavy atom. The normalized spacial score (nSPS) is 20.5. The second-order valence-corrected chi connectivity index (χ2v) is 6.93. The standard InChI is InChI=1S/C20H21N5O4/c26-18(16-8-4-5-11-21-16)22-23-19(27)17-10-9-15-12-24(17)20(28)25(15)29-13-14-6-2-1-3-7-14/h1-8,11,15,17H,9-10,12-13H2,(H,22,26)(H,23,27)/t15-,17+/m1/s1. The summed E-state index contributed by atoms with van der Waals surface area (Å²) in [5, 5.41) is 1.37. The summed E-state index contributed by atoms with van der Waals surface area (Å²) in [7, 11) is 0. The highest BCUT2D eigenvalue weighted by Crippen LogP contribution is 2.30. The summed E-state index contributed by atoms with van der Waals surface area (Å²) in [5.74, 6) is -0.959. The number of carbonyl (C=O) groups is 3. The van der Waals surface area contributed by atoms with Gasteiger partial charge in [0.05, 0.1) is 6.04 Å². The Labute approximate surface area is 167 Å². The van der Waals surface area contributed by atoms with Crippen molar-refractivity contribution in [3.63, 3.8) is 0 Å². The third-order valence-corrected chi connectivity index (χ3v) is 5.04. The molecule has 2 aliphatic rings. The van der Waals surface area contributed by atoms with Crippen LogP contribution in [0.3, 0.4) is 0 Å². The summed E-state index contributed by atoms with van der Waals surface area (Å²) in [5.41, 5.74) is 5.89. The lowest BCUT2D eigenvalue weighted by Crippen LogP contribution is -2.54. The van der Waals surface area contributed by atoms with Crippen molar-refractivity contribution in [2.45, 2.75) is 31.5 Å². The average molecular weight is 395 g/mol. The molecule has 0 aliphatic carbocycles. The molecular weight excluding hydrogens is 374 g/mol. The lowest BCUT2D eigenvalue weighted by atomic mass is 10.0. The summed E-state index contributed by atoms with van der Waals surface area (Å²) in [6, 6.07) is 13.4. The van der Waals surface area contributed by atoms with Gasteiger partial charge in [0, 0.05) is 12.7 Å². The average Bonchev–Trinajstić information content (AvgIpc) is 3.01. The molecule has 4 rings (SSSR count). The van der Waals surface area contributed by atoms with Crippen molar-refractivity contribution in [1.29, 1.82) is 0 Å². The minimum Gasteiger partial charge on any atom is -0.309 e. The van der Waals surface area contributed by atoms with Gasteiger partial charge in [0.25, 0.3) is 11.8 Å². The smallest absolute Gasteiger partial charge is 0.309 e. The molecule has 2 aliphatic heterocycles. The van der Waals surface area contributed by atoms with Gasteiger partial charge in [0.1, 0.15) is 18.3 Å². The van der Waals surface area contributed by atoms with E-state index < -0.39 is 17.9 Å². The number of piperidine rings is 1. The van der Waals surface area contributed by atoms with Crippen LogP contribution in [0, 0.1) is 0 Å². The molecule has 2 atom stereocenters. The summed E-state index contributed by atoms with van der Waals surface area (Å²) in [6.07, 6.45) is 2.63. The summed E-state index contributed by atoms with van der Waals surface area (Å²) in [4.78, 5) is 48.5. The molecule has 1 aromatic heterocycles. The highest BCUT2D eigenvalue weighted by molar-refractivity contribution is 5.95. The van der Waals surface area contributed by atoms with Gasteiger partial charge in [-0.1, -0.05) is 36.4 Å². The Balaban J connectivity index is 1.33. The number of aromatic nitrogens is 1. The van der Waals surface area contributed by atoms with E-state index >= 15 is 0 Å². The molecule has 4 amide bonds. The van der Waals surface area contributed by atoms with Gasteiger partial charge < -0.3 is 4.90 Å². The molecule has 2 N–H and O–H groups in total. The van der Waals surface area contributed by atoms with E-state index in [1.165, 1.54) is 16.2 Å². The molecule has 2 fully saturated rings. The van der Waals surface area contributed by atoms with Crippen LogP contribution in [-0.4, -0.2) is 51.4 Å². The van der Waals surface area contributed by atoms with E-state index in [2.05, 4.69) is 15.8 Å². The van der Waals surface area contributed by atoms with Gasteiger partial charge in [-0.25, -0.2) is 4.79 Å². The van der Waals surface area contributed by atoms with Crippen molar-refractivity contribution in [2.24, 2.45) is 0 Å². The van der Waals surface area contributed by atoms with Crippen molar-refractivity contribution in [1.82, 2.24) is 25.8 Å². The number of hydroxylamine groups is 2. The lowest BCUT2D eigenvalue weighted by molar-refractivity contribution is -0.140. The van der Waals surface area contributed by atoms with Crippen LogP contribution < -0.4 is 10.9 Å². The molecule has 2 bridgehead atoms. The third-order valence-electron chi connectivity index (χ3n) is 5.04. The van der Waals surface area contributed by atoms with Crippen molar-refractivity contribution in [3.8, 4) is 0 Å². The molecule has 9 heteroatoms. The number of nitrogens with zero attached hydrogens (tertiary/aromatic N) is 3. The maximum atomic E-state index is 12.7. The van der Waals surface area contributed by atoms with Gasteiger partial charge in [-0.05, 0) is 30.5 Å².